The van der Waals surface area contributed by atoms with E-state index in [1.54, 1.807) is 0 Å². The second-order valence-electron chi connectivity index (χ2n) is 7.46. The van der Waals surface area contributed by atoms with Gasteiger partial charge in [-0.2, -0.15) is 0 Å². The van der Waals surface area contributed by atoms with Gasteiger partial charge in [0.05, 0.1) is 24.6 Å². The van der Waals surface area contributed by atoms with E-state index in [1.165, 1.54) is 49.0 Å². The third kappa shape index (κ3) is 3.23. The van der Waals surface area contributed by atoms with Gasteiger partial charge in [-0.05, 0) is 44.9 Å². The molecule has 2 aliphatic rings. The summed E-state index contributed by atoms with van der Waals surface area (Å²) in [5.41, 5.74) is 4.00. The highest BCUT2D eigenvalue weighted by atomic mass is 16.5. The molecule has 140 valence electrons. The molecule has 2 aromatic rings. The van der Waals surface area contributed by atoms with Crippen molar-refractivity contribution < 1.29 is 14.8 Å². The quantitative estimate of drug-likeness (QED) is 0.881. The molecule has 1 atom stereocenters. The lowest BCUT2D eigenvalue weighted by atomic mass is 9.82. The lowest BCUT2D eigenvalue weighted by molar-refractivity contribution is -0.718. The first kappa shape index (κ1) is 17.5. The third-order valence-electron chi connectivity index (χ3n) is 5.88. The Morgan fingerprint density at radius 2 is 1.77 bits per heavy atom. The topological polar surface area (TPSA) is 40.0 Å². The molecule has 1 fully saturated rings. The molecular formula is C22H31N2O2+. The maximum atomic E-state index is 5.88. The Balaban J connectivity index is 1.75. The molecule has 0 radical (unpaired) electrons. The van der Waals surface area contributed by atoms with Gasteiger partial charge in [-0.3, -0.25) is 0 Å². The summed E-state index contributed by atoms with van der Waals surface area (Å²) in [6.07, 6.45) is 9.09. The van der Waals surface area contributed by atoms with E-state index in [9.17, 15) is 0 Å². The van der Waals surface area contributed by atoms with Crippen LogP contribution in [0, 0.1) is 5.92 Å². The van der Waals surface area contributed by atoms with Gasteiger partial charge in [-0.15, -0.1) is 0 Å². The minimum absolute atomic E-state index is 0.545. The van der Waals surface area contributed by atoms with Crippen LogP contribution in [0.1, 0.15) is 63.3 Å². The van der Waals surface area contributed by atoms with Crippen molar-refractivity contribution in [1.29, 1.82) is 0 Å². The van der Waals surface area contributed by atoms with Crippen molar-refractivity contribution in [2.75, 3.05) is 13.2 Å². The van der Waals surface area contributed by atoms with Gasteiger partial charge in [0.2, 0.25) is 0 Å². The number of quaternary nitrogens is 1. The Hall–Kier alpha value is -1.94. The monoisotopic (exact) mass is 355 g/mol. The smallest absolute Gasteiger partial charge is 0.163 e. The lowest BCUT2D eigenvalue weighted by Crippen LogP contribution is -2.84. The number of nitrogens with zero attached hydrogens (tertiary/aromatic N) is 1. The second-order valence-corrected chi connectivity index (χ2v) is 7.46. The van der Waals surface area contributed by atoms with E-state index in [0.717, 1.165) is 24.0 Å². The van der Waals surface area contributed by atoms with Gasteiger partial charge in [0.1, 0.15) is 12.6 Å². The molecular weight excluding hydrogens is 324 g/mol. The number of benzene rings is 1. The maximum absolute atomic E-state index is 5.88. The molecule has 1 aromatic heterocycles. The fourth-order valence-electron chi connectivity index (χ4n) is 4.70. The van der Waals surface area contributed by atoms with Crippen LogP contribution in [0.4, 0.5) is 0 Å². The Labute approximate surface area is 156 Å². The molecule has 4 rings (SSSR count). The van der Waals surface area contributed by atoms with Gasteiger partial charge in [0.15, 0.2) is 11.5 Å². The summed E-state index contributed by atoms with van der Waals surface area (Å²) in [7, 11) is 0. The molecule has 2 heterocycles. The first-order valence-corrected chi connectivity index (χ1v) is 10.2. The zero-order valence-corrected chi connectivity index (χ0v) is 16.0. The van der Waals surface area contributed by atoms with Gasteiger partial charge in [-0.25, -0.2) is 0 Å². The minimum atomic E-state index is 0.545. The average molecular weight is 356 g/mol. The van der Waals surface area contributed by atoms with Crippen LogP contribution in [-0.2, 0) is 6.54 Å². The molecule has 4 heteroatoms. The van der Waals surface area contributed by atoms with Crippen LogP contribution in [0.25, 0.3) is 5.69 Å². The Morgan fingerprint density at radius 3 is 2.50 bits per heavy atom. The molecule has 0 saturated heterocycles. The summed E-state index contributed by atoms with van der Waals surface area (Å²) >= 11 is 0. The molecule has 2 N–H and O–H groups in total. The second kappa shape index (κ2) is 7.75. The molecule has 1 aliphatic carbocycles. The van der Waals surface area contributed by atoms with E-state index in [4.69, 9.17) is 9.47 Å². The Bertz CT molecular complexity index is 747. The van der Waals surface area contributed by atoms with Crippen LogP contribution in [0.3, 0.4) is 0 Å². The van der Waals surface area contributed by atoms with Crippen molar-refractivity contribution >= 4 is 0 Å². The summed E-state index contributed by atoms with van der Waals surface area (Å²) in [5, 5.41) is 2.55. The normalized spacial score (nSPS) is 20.2. The lowest BCUT2D eigenvalue weighted by Gasteiger charge is -2.27. The predicted molar refractivity (Wildman–Crippen MR) is 103 cm³/mol. The zero-order chi connectivity index (χ0) is 17.9. The van der Waals surface area contributed by atoms with Gasteiger partial charge >= 0.3 is 0 Å². The van der Waals surface area contributed by atoms with E-state index in [0.29, 0.717) is 19.3 Å². The van der Waals surface area contributed by atoms with E-state index >= 15 is 0 Å². The molecule has 0 unspecified atom stereocenters. The number of ether oxygens (including phenoxy) is 2. The number of fused-ring (bicyclic) bond motifs is 3. The van der Waals surface area contributed by atoms with Crippen molar-refractivity contribution in [3.05, 3.63) is 41.7 Å². The van der Waals surface area contributed by atoms with Crippen molar-refractivity contribution in [3.8, 4) is 17.2 Å². The average Bonchev–Trinajstić information content (AvgIpc) is 3.09. The van der Waals surface area contributed by atoms with E-state index in [2.05, 4.69) is 40.3 Å². The summed E-state index contributed by atoms with van der Waals surface area (Å²) in [4.78, 5) is 0. The molecule has 1 aromatic carbocycles. The first-order valence-electron chi connectivity index (χ1n) is 10.2. The molecule has 26 heavy (non-hydrogen) atoms. The van der Waals surface area contributed by atoms with Gasteiger partial charge in [0, 0.05) is 23.7 Å². The summed E-state index contributed by atoms with van der Waals surface area (Å²) < 4.78 is 14.1. The largest absolute Gasteiger partial charge is 0.490 e. The molecule has 4 nitrogen and oxygen atoms in total. The van der Waals surface area contributed by atoms with Crippen molar-refractivity contribution in [2.24, 2.45) is 5.92 Å². The Kier molecular flexibility index (Phi) is 5.21. The van der Waals surface area contributed by atoms with Crippen LogP contribution in [0.5, 0.6) is 11.5 Å². The number of rotatable bonds is 5. The summed E-state index contributed by atoms with van der Waals surface area (Å²) in [6, 6.07) is 9.40. The minimum Gasteiger partial charge on any atom is -0.490 e. The number of nitrogens with two attached hydrogens (primary N) is 1. The van der Waals surface area contributed by atoms with Crippen LogP contribution in [0.15, 0.2) is 30.5 Å². The van der Waals surface area contributed by atoms with E-state index < -0.39 is 0 Å². The highest BCUT2D eigenvalue weighted by Crippen LogP contribution is 2.38. The summed E-state index contributed by atoms with van der Waals surface area (Å²) in [5.74, 6) is 2.50. The zero-order valence-electron chi connectivity index (χ0n) is 16.0. The molecule has 1 aliphatic heterocycles. The fraction of sp³-hybridized carbons (Fsp3) is 0.545. The number of aromatic nitrogens is 1. The molecule has 0 bridgehead atoms. The highest BCUT2D eigenvalue weighted by molar-refractivity contribution is 5.55. The van der Waals surface area contributed by atoms with E-state index in [1.807, 2.05) is 13.8 Å². The molecule has 1 saturated carbocycles. The first-order chi connectivity index (χ1) is 12.8. The number of hydrogen-bond acceptors (Lipinski definition) is 2. The van der Waals surface area contributed by atoms with Crippen molar-refractivity contribution in [2.45, 2.75) is 58.5 Å². The maximum Gasteiger partial charge on any atom is 0.163 e. The van der Waals surface area contributed by atoms with Crippen LogP contribution >= 0.6 is 0 Å². The highest BCUT2D eigenvalue weighted by Gasteiger charge is 2.33. The van der Waals surface area contributed by atoms with Crippen LogP contribution in [0.2, 0.25) is 0 Å². The van der Waals surface area contributed by atoms with Gasteiger partial charge in [0.25, 0.3) is 0 Å². The fourth-order valence-corrected chi connectivity index (χ4v) is 4.70. The SMILES string of the molecule is CCOc1cc2c(cc1OCC)-n1cccc1[C@@H](C1CCCCC1)[NH2+]C2. The van der Waals surface area contributed by atoms with Crippen molar-refractivity contribution in [1.82, 2.24) is 4.57 Å². The standard InChI is InChI=1S/C22H30N2O2/c1-3-25-20-13-17-15-23-22(16-9-6-5-7-10-16)18-11-8-12-24(18)19(17)14-21(20)26-4-2/h8,11-14,16,22-23H,3-7,9-10,15H2,1-2H3/p+1/t22-/m1/s1. The number of hydrogen-bond donors (Lipinski definition) is 1. The predicted octanol–water partition coefficient (Wildman–Crippen LogP) is 3.97. The molecule has 0 amide bonds. The summed E-state index contributed by atoms with van der Waals surface area (Å²) in [6.45, 7) is 6.34. The van der Waals surface area contributed by atoms with E-state index in [-0.39, 0.29) is 0 Å². The van der Waals surface area contributed by atoms with Crippen molar-refractivity contribution in [3.63, 3.8) is 0 Å². The van der Waals surface area contributed by atoms with Gasteiger partial charge < -0.3 is 19.4 Å². The third-order valence-corrected chi connectivity index (χ3v) is 5.88. The molecule has 0 spiro atoms. The van der Waals surface area contributed by atoms with Crippen LogP contribution < -0.4 is 14.8 Å². The van der Waals surface area contributed by atoms with Crippen LogP contribution in [-0.4, -0.2) is 17.8 Å². The van der Waals surface area contributed by atoms with Gasteiger partial charge in [-0.1, -0.05) is 19.3 Å². The Morgan fingerprint density at radius 1 is 1.04 bits per heavy atom.